The molecule has 0 aliphatic carbocycles. The summed E-state index contributed by atoms with van der Waals surface area (Å²) < 4.78 is 20.7. The van der Waals surface area contributed by atoms with Gasteiger partial charge >= 0.3 is 23.9 Å². The number of rotatable bonds is 13. The first-order valence-corrected chi connectivity index (χ1v) is 10.9. The Hall–Kier alpha value is -3.18. The second-order valence-corrected chi connectivity index (χ2v) is 8.49. The van der Waals surface area contributed by atoms with Crippen LogP contribution in [0.1, 0.15) is 55.4 Å². The third-order valence-corrected chi connectivity index (χ3v) is 4.00. The van der Waals surface area contributed by atoms with Gasteiger partial charge in [0.15, 0.2) is 12.2 Å². The summed E-state index contributed by atoms with van der Waals surface area (Å²) in [5.41, 5.74) is 0. The molecule has 0 aromatic heterocycles. The Morgan fingerprint density at radius 2 is 0.794 bits per heavy atom. The monoisotopic (exact) mass is 488 g/mol. The van der Waals surface area contributed by atoms with Crippen molar-refractivity contribution in [1.29, 1.82) is 0 Å². The summed E-state index contributed by atoms with van der Waals surface area (Å²) >= 11 is 0. The molecular formula is C22H36N2O10. The van der Waals surface area contributed by atoms with Crippen molar-refractivity contribution in [3.05, 3.63) is 0 Å². The first-order chi connectivity index (χ1) is 15.6. The fourth-order valence-electron chi connectivity index (χ4n) is 2.69. The average molecular weight is 489 g/mol. The predicted octanol–water partition coefficient (Wildman–Crippen LogP) is 0.258. The number of nitrogens with one attached hydrogen (secondary N) is 2. The molecule has 0 rings (SSSR count). The molecule has 4 atom stereocenters. The topological polar surface area (TPSA) is 163 Å². The molecule has 194 valence electrons. The fourth-order valence-corrected chi connectivity index (χ4v) is 2.69. The number of hydrogen-bond donors (Lipinski definition) is 2. The number of esters is 4. The molecule has 2 amide bonds. The lowest BCUT2D eigenvalue weighted by Crippen LogP contribution is -2.59. The fraction of sp³-hybridized carbons (Fsp3) is 0.727. The van der Waals surface area contributed by atoms with Crippen molar-refractivity contribution in [2.75, 3.05) is 13.1 Å². The normalized spacial score (nSPS) is 14.3. The lowest BCUT2D eigenvalue weighted by Gasteiger charge is -2.34. The van der Waals surface area contributed by atoms with E-state index in [9.17, 15) is 28.8 Å². The van der Waals surface area contributed by atoms with Gasteiger partial charge in [-0.15, -0.1) is 0 Å². The SMILES string of the molecule is CC(=O)OC(C(=O)NCC(C)C)C(OC(C)=O)C(OC(C)=O)C(OC(C)=O)C(=O)NCC(C)C. The summed E-state index contributed by atoms with van der Waals surface area (Å²) in [4.78, 5) is 73.2. The summed E-state index contributed by atoms with van der Waals surface area (Å²) in [6.07, 6.45) is -7.26. The Kier molecular flexibility index (Phi) is 13.5. The van der Waals surface area contributed by atoms with Crippen molar-refractivity contribution in [2.24, 2.45) is 11.8 Å². The van der Waals surface area contributed by atoms with Crippen LogP contribution >= 0.6 is 0 Å². The zero-order valence-electron chi connectivity index (χ0n) is 21.0. The molecule has 0 bridgehead atoms. The van der Waals surface area contributed by atoms with E-state index in [1.807, 2.05) is 27.7 Å². The molecule has 34 heavy (non-hydrogen) atoms. The maximum absolute atomic E-state index is 12.9. The smallest absolute Gasteiger partial charge is 0.303 e. The highest BCUT2D eigenvalue weighted by molar-refractivity contribution is 5.87. The Morgan fingerprint density at radius 1 is 0.529 bits per heavy atom. The summed E-state index contributed by atoms with van der Waals surface area (Å²) in [5, 5.41) is 5.08. The molecule has 0 heterocycles. The van der Waals surface area contributed by atoms with Crippen LogP contribution in [0.25, 0.3) is 0 Å². The van der Waals surface area contributed by atoms with Crippen LogP contribution in [0.5, 0.6) is 0 Å². The highest BCUT2D eigenvalue weighted by Crippen LogP contribution is 2.20. The van der Waals surface area contributed by atoms with Crippen LogP contribution in [0.3, 0.4) is 0 Å². The van der Waals surface area contributed by atoms with E-state index in [0.717, 1.165) is 27.7 Å². The van der Waals surface area contributed by atoms with E-state index in [0.29, 0.717) is 0 Å². The third kappa shape index (κ3) is 12.2. The van der Waals surface area contributed by atoms with Crippen molar-refractivity contribution in [3.63, 3.8) is 0 Å². The third-order valence-electron chi connectivity index (χ3n) is 4.00. The number of hydrogen-bond acceptors (Lipinski definition) is 10. The van der Waals surface area contributed by atoms with Gasteiger partial charge in [-0.1, -0.05) is 27.7 Å². The van der Waals surface area contributed by atoms with E-state index in [1.165, 1.54) is 0 Å². The molecule has 4 unspecified atom stereocenters. The van der Waals surface area contributed by atoms with Crippen LogP contribution in [0, 0.1) is 11.8 Å². The lowest BCUT2D eigenvalue weighted by molar-refractivity contribution is -0.200. The number of carbonyl (C=O) groups excluding carboxylic acids is 6. The van der Waals surface area contributed by atoms with E-state index < -0.39 is 60.1 Å². The van der Waals surface area contributed by atoms with Crippen LogP contribution in [0.15, 0.2) is 0 Å². The lowest BCUT2D eigenvalue weighted by atomic mass is 9.99. The number of ether oxygens (including phenoxy) is 4. The minimum absolute atomic E-state index is 0.0222. The van der Waals surface area contributed by atoms with Crippen molar-refractivity contribution >= 4 is 35.7 Å². The van der Waals surface area contributed by atoms with Gasteiger partial charge in [-0.05, 0) is 11.8 Å². The second-order valence-electron chi connectivity index (χ2n) is 8.49. The molecule has 0 aliphatic rings. The Balaban J connectivity index is 6.54. The molecule has 12 nitrogen and oxygen atoms in total. The van der Waals surface area contributed by atoms with Gasteiger partial charge in [0.2, 0.25) is 12.2 Å². The maximum Gasteiger partial charge on any atom is 0.303 e. The van der Waals surface area contributed by atoms with E-state index in [2.05, 4.69) is 10.6 Å². The van der Waals surface area contributed by atoms with Gasteiger partial charge in [-0.3, -0.25) is 28.8 Å². The standard InChI is InChI=1S/C22H36N2O10/c1-11(2)9-23-21(29)19(33-15(7)27)17(31-13(5)25)18(32-14(6)26)20(34-16(8)28)22(30)24-10-12(3)4/h11-12,17-20H,9-10H2,1-8H3,(H,23,29)(H,24,30). The van der Waals surface area contributed by atoms with Gasteiger partial charge in [-0.2, -0.15) is 0 Å². The molecule has 0 saturated carbocycles. The van der Waals surface area contributed by atoms with Gasteiger partial charge < -0.3 is 29.6 Å². The summed E-state index contributed by atoms with van der Waals surface area (Å²) in [5.74, 6) is -5.36. The minimum Gasteiger partial charge on any atom is -0.454 e. The molecule has 0 radical (unpaired) electrons. The first-order valence-electron chi connectivity index (χ1n) is 10.9. The van der Waals surface area contributed by atoms with E-state index in [4.69, 9.17) is 18.9 Å². The molecular weight excluding hydrogens is 452 g/mol. The van der Waals surface area contributed by atoms with Crippen LogP contribution in [0.2, 0.25) is 0 Å². The average Bonchev–Trinajstić information content (AvgIpc) is 2.68. The van der Waals surface area contributed by atoms with E-state index >= 15 is 0 Å². The Labute approximate surface area is 199 Å². The summed E-state index contributed by atoms with van der Waals surface area (Å²) in [6, 6.07) is 0. The quantitative estimate of drug-likeness (QED) is 0.271. The summed E-state index contributed by atoms with van der Waals surface area (Å²) in [7, 11) is 0. The van der Waals surface area contributed by atoms with Crippen molar-refractivity contribution in [2.45, 2.75) is 79.8 Å². The van der Waals surface area contributed by atoms with Crippen LogP contribution < -0.4 is 10.6 Å². The Bertz CT molecular complexity index is 688. The van der Waals surface area contributed by atoms with Gasteiger partial charge in [0.25, 0.3) is 11.8 Å². The van der Waals surface area contributed by atoms with Gasteiger partial charge in [0.1, 0.15) is 0 Å². The molecule has 12 heteroatoms. The summed E-state index contributed by atoms with van der Waals surface area (Å²) in [6.45, 7) is 11.7. The van der Waals surface area contributed by atoms with Crippen molar-refractivity contribution in [3.8, 4) is 0 Å². The highest BCUT2D eigenvalue weighted by atomic mass is 16.6. The van der Waals surface area contributed by atoms with Crippen LogP contribution in [-0.2, 0) is 47.7 Å². The van der Waals surface area contributed by atoms with Gasteiger partial charge in [0.05, 0.1) is 0 Å². The number of amides is 2. The molecule has 0 spiro atoms. The van der Waals surface area contributed by atoms with Crippen molar-refractivity contribution in [1.82, 2.24) is 10.6 Å². The van der Waals surface area contributed by atoms with E-state index in [1.54, 1.807) is 0 Å². The Morgan fingerprint density at radius 3 is 1.00 bits per heavy atom. The van der Waals surface area contributed by atoms with Gasteiger partial charge in [-0.25, -0.2) is 0 Å². The van der Waals surface area contributed by atoms with Crippen LogP contribution in [-0.4, -0.2) is 73.2 Å². The second kappa shape index (κ2) is 14.9. The molecule has 2 N–H and O–H groups in total. The molecule has 0 aromatic carbocycles. The molecule has 0 fully saturated rings. The van der Waals surface area contributed by atoms with Crippen LogP contribution in [0.4, 0.5) is 0 Å². The largest absolute Gasteiger partial charge is 0.454 e. The van der Waals surface area contributed by atoms with E-state index in [-0.39, 0.29) is 24.9 Å². The molecule has 0 saturated heterocycles. The molecule has 0 aromatic rings. The highest BCUT2D eigenvalue weighted by Gasteiger charge is 2.48. The predicted molar refractivity (Wildman–Crippen MR) is 118 cm³/mol. The molecule has 0 aliphatic heterocycles. The first kappa shape index (κ1) is 30.8. The zero-order valence-corrected chi connectivity index (χ0v) is 21.0. The van der Waals surface area contributed by atoms with Crippen molar-refractivity contribution < 1.29 is 47.7 Å². The zero-order chi connectivity index (χ0) is 26.6. The van der Waals surface area contributed by atoms with Gasteiger partial charge in [0, 0.05) is 40.8 Å². The number of carbonyl (C=O) groups is 6. The minimum atomic E-state index is -1.82. The maximum atomic E-state index is 12.9.